The van der Waals surface area contributed by atoms with Gasteiger partial charge in [-0.15, -0.1) is 11.3 Å². The molecule has 3 atom stereocenters. The fourth-order valence-corrected chi connectivity index (χ4v) is 5.89. The zero-order chi connectivity index (χ0) is 20.6. The largest absolute Gasteiger partial charge is 0.481 e. The number of hydrogen-bond acceptors (Lipinski definition) is 5. The summed E-state index contributed by atoms with van der Waals surface area (Å²) in [6, 6.07) is 4.60. The molecule has 1 aliphatic carbocycles. The minimum Gasteiger partial charge on any atom is -0.481 e. The second-order valence-electron chi connectivity index (χ2n) is 8.22. The van der Waals surface area contributed by atoms with Gasteiger partial charge in [-0.05, 0) is 24.5 Å². The van der Waals surface area contributed by atoms with Crippen LogP contribution < -0.4 is 5.32 Å². The fourth-order valence-electron chi connectivity index (χ4n) is 5.06. The van der Waals surface area contributed by atoms with Crippen molar-refractivity contribution in [2.24, 2.45) is 16.7 Å². The Bertz CT molecular complexity index is 1020. The summed E-state index contributed by atoms with van der Waals surface area (Å²) in [5.74, 6) is -2.71. The van der Waals surface area contributed by atoms with E-state index in [9.17, 15) is 27.9 Å². The number of carboxylic acid groups (broad SMARTS) is 1. The van der Waals surface area contributed by atoms with Crippen LogP contribution >= 0.6 is 11.3 Å². The van der Waals surface area contributed by atoms with Crippen molar-refractivity contribution in [2.75, 3.05) is 19.6 Å². The summed E-state index contributed by atoms with van der Waals surface area (Å²) in [5, 5.41) is 12.8. The number of aliphatic carboxylic acids is 1. The molecule has 1 spiro atoms. The molecule has 154 valence electrons. The summed E-state index contributed by atoms with van der Waals surface area (Å²) in [7, 11) is 0. The van der Waals surface area contributed by atoms with Crippen molar-refractivity contribution in [3.05, 3.63) is 29.3 Å². The molecular weight excluding hydrogens is 407 g/mol. The van der Waals surface area contributed by atoms with Crippen molar-refractivity contribution in [3.63, 3.8) is 0 Å². The first-order valence-electron chi connectivity index (χ1n) is 9.35. The highest BCUT2D eigenvalue weighted by atomic mass is 32.1. The van der Waals surface area contributed by atoms with Crippen molar-refractivity contribution < 1.29 is 27.9 Å². The van der Waals surface area contributed by atoms with E-state index in [2.05, 4.69) is 10.3 Å². The summed E-state index contributed by atoms with van der Waals surface area (Å²) in [4.78, 5) is 30.5. The van der Waals surface area contributed by atoms with Crippen LogP contribution in [-0.2, 0) is 9.59 Å². The molecule has 3 unspecified atom stereocenters. The van der Waals surface area contributed by atoms with Gasteiger partial charge in [0.25, 0.3) is 0 Å². The third-order valence-corrected chi connectivity index (χ3v) is 7.65. The van der Waals surface area contributed by atoms with Gasteiger partial charge in [0, 0.05) is 25.0 Å². The van der Waals surface area contributed by atoms with Crippen LogP contribution in [0.4, 0.5) is 13.2 Å². The molecule has 3 aliphatic rings. The van der Waals surface area contributed by atoms with Gasteiger partial charge in [-0.2, -0.15) is 13.2 Å². The highest BCUT2D eigenvalue weighted by molar-refractivity contribution is 7.17. The number of nitrogens with one attached hydrogen (secondary N) is 1. The number of amides is 1. The Balaban J connectivity index is 1.62. The molecule has 29 heavy (non-hydrogen) atoms. The Labute approximate surface area is 167 Å². The average molecular weight is 425 g/mol. The summed E-state index contributed by atoms with van der Waals surface area (Å²) < 4.78 is 41.6. The Morgan fingerprint density at radius 1 is 1.31 bits per heavy atom. The number of halogens is 3. The van der Waals surface area contributed by atoms with Crippen LogP contribution in [0.2, 0.25) is 0 Å². The van der Waals surface area contributed by atoms with Crippen molar-refractivity contribution in [3.8, 4) is 0 Å². The molecule has 2 aliphatic heterocycles. The Morgan fingerprint density at radius 3 is 2.72 bits per heavy atom. The van der Waals surface area contributed by atoms with E-state index >= 15 is 0 Å². The number of likely N-dealkylation sites (tertiary alicyclic amines) is 1. The van der Waals surface area contributed by atoms with Gasteiger partial charge in [0.05, 0.1) is 27.7 Å². The molecule has 1 saturated carbocycles. The van der Waals surface area contributed by atoms with Crippen LogP contribution in [0.5, 0.6) is 0 Å². The molecule has 10 heteroatoms. The number of nitrogens with zero attached hydrogens (tertiary/aromatic N) is 2. The number of alkyl halides is 3. The smallest absolute Gasteiger partial charge is 0.403 e. The van der Waals surface area contributed by atoms with Crippen molar-refractivity contribution in [2.45, 2.75) is 25.1 Å². The topological polar surface area (TPSA) is 82.5 Å². The van der Waals surface area contributed by atoms with Crippen LogP contribution in [0.15, 0.2) is 23.7 Å². The van der Waals surface area contributed by atoms with E-state index in [1.54, 1.807) is 23.7 Å². The second-order valence-corrected chi connectivity index (χ2v) is 9.07. The molecule has 6 nitrogen and oxygen atoms in total. The molecular formula is C19H18F3N3O3S. The monoisotopic (exact) mass is 425 g/mol. The Kier molecular flexibility index (Phi) is 3.83. The van der Waals surface area contributed by atoms with Crippen LogP contribution in [0.1, 0.15) is 24.4 Å². The highest BCUT2D eigenvalue weighted by Gasteiger charge is 2.73. The van der Waals surface area contributed by atoms with E-state index < -0.39 is 40.8 Å². The van der Waals surface area contributed by atoms with Gasteiger partial charge in [-0.25, -0.2) is 4.98 Å². The summed E-state index contributed by atoms with van der Waals surface area (Å²) in [6.07, 6.45) is -5.03. The first-order valence-corrected chi connectivity index (χ1v) is 10.2. The number of aromatic nitrogens is 1. The van der Waals surface area contributed by atoms with Gasteiger partial charge in [0.2, 0.25) is 5.91 Å². The lowest BCUT2D eigenvalue weighted by Crippen LogP contribution is -2.67. The zero-order valence-corrected chi connectivity index (χ0v) is 16.0. The normalized spacial score (nSPS) is 30.5. The van der Waals surface area contributed by atoms with Crippen molar-refractivity contribution >= 4 is 33.4 Å². The number of rotatable bonds is 3. The lowest BCUT2D eigenvalue weighted by atomic mass is 9.62. The van der Waals surface area contributed by atoms with Gasteiger partial charge in [-0.3, -0.25) is 9.59 Å². The molecule has 0 bridgehead atoms. The lowest BCUT2D eigenvalue weighted by molar-refractivity contribution is -0.213. The summed E-state index contributed by atoms with van der Waals surface area (Å²) in [6.45, 7) is 0.580. The molecule has 1 amide bonds. The third kappa shape index (κ3) is 2.41. The molecule has 2 N–H and O–H groups in total. The third-order valence-electron chi connectivity index (χ3n) is 6.76. The Morgan fingerprint density at radius 2 is 2.07 bits per heavy atom. The van der Waals surface area contributed by atoms with Gasteiger partial charge in [-0.1, -0.05) is 12.1 Å². The van der Waals surface area contributed by atoms with E-state index in [0.717, 1.165) is 4.70 Å². The molecule has 1 aromatic heterocycles. The van der Waals surface area contributed by atoms with E-state index in [-0.39, 0.29) is 25.9 Å². The van der Waals surface area contributed by atoms with E-state index in [0.29, 0.717) is 17.6 Å². The minimum atomic E-state index is -4.60. The first kappa shape index (κ1) is 18.8. The van der Waals surface area contributed by atoms with E-state index in [1.807, 2.05) is 0 Å². The molecule has 0 radical (unpaired) electrons. The maximum Gasteiger partial charge on any atom is 0.403 e. The van der Waals surface area contributed by atoms with Crippen LogP contribution in [-0.4, -0.2) is 52.7 Å². The number of carbonyl (C=O) groups excluding carboxylic acids is 1. The SMILES string of the molecule is O=C(O)C1CNCC12CN(C(=O)C1(C(F)(F)F)CC1)C2c1cccc2ncsc12. The maximum atomic E-state index is 13.6. The average Bonchev–Trinajstić information content (AvgIpc) is 3.12. The molecule has 3 heterocycles. The maximum absolute atomic E-state index is 13.6. The van der Waals surface area contributed by atoms with Gasteiger partial charge >= 0.3 is 12.1 Å². The number of carboxylic acids is 1. The first-order chi connectivity index (χ1) is 13.7. The fraction of sp³-hybridized carbons (Fsp3) is 0.526. The molecule has 1 aromatic carbocycles. The zero-order valence-electron chi connectivity index (χ0n) is 15.2. The molecule has 5 rings (SSSR count). The number of fused-ring (bicyclic) bond motifs is 1. The van der Waals surface area contributed by atoms with Crippen LogP contribution in [0.3, 0.4) is 0 Å². The summed E-state index contributed by atoms with van der Waals surface area (Å²) in [5.41, 5.74) is -0.138. The Hall–Kier alpha value is -2.20. The molecule has 2 aromatic rings. The van der Waals surface area contributed by atoms with E-state index in [4.69, 9.17) is 0 Å². The lowest BCUT2D eigenvalue weighted by Gasteiger charge is -2.58. The predicted molar refractivity (Wildman–Crippen MR) is 98.2 cm³/mol. The summed E-state index contributed by atoms with van der Waals surface area (Å²) >= 11 is 1.35. The second kappa shape index (κ2) is 5.91. The number of thiazole rings is 1. The number of benzene rings is 1. The van der Waals surface area contributed by atoms with Crippen LogP contribution in [0, 0.1) is 16.7 Å². The molecule has 2 saturated heterocycles. The quantitative estimate of drug-likeness (QED) is 0.790. The van der Waals surface area contributed by atoms with Crippen molar-refractivity contribution in [1.82, 2.24) is 15.2 Å². The van der Waals surface area contributed by atoms with Crippen LogP contribution in [0.25, 0.3) is 10.2 Å². The standard InChI is InChI=1S/C19H18F3N3O3S/c20-19(21,22)18(4-5-18)16(28)25-8-17(7-23-6-11(17)15(26)27)14(25)10-2-1-3-12-13(10)29-9-24-12/h1-3,9,11,14,23H,4-8H2,(H,26,27). The number of carbonyl (C=O) groups is 2. The van der Waals surface area contributed by atoms with Gasteiger partial charge < -0.3 is 15.3 Å². The van der Waals surface area contributed by atoms with Crippen molar-refractivity contribution in [1.29, 1.82) is 0 Å². The van der Waals surface area contributed by atoms with Gasteiger partial charge in [0.1, 0.15) is 5.41 Å². The van der Waals surface area contributed by atoms with Gasteiger partial charge in [0.15, 0.2) is 0 Å². The molecule has 3 fully saturated rings. The minimum absolute atomic E-state index is 0.00743. The predicted octanol–water partition coefficient (Wildman–Crippen LogP) is 2.81. The highest BCUT2D eigenvalue weighted by Crippen LogP contribution is 2.63. The van der Waals surface area contributed by atoms with E-state index in [1.165, 1.54) is 16.2 Å². The number of hydrogen-bond donors (Lipinski definition) is 2.